The maximum absolute atomic E-state index is 13.1. The molecule has 0 aliphatic carbocycles. The maximum Gasteiger partial charge on any atom is 0.313 e. The minimum Gasteiger partial charge on any atom is -0.469 e. The van der Waals surface area contributed by atoms with E-state index in [1.165, 1.54) is 6.07 Å². The van der Waals surface area contributed by atoms with Crippen molar-refractivity contribution in [1.29, 1.82) is 0 Å². The first kappa shape index (κ1) is 12.3. The summed E-state index contributed by atoms with van der Waals surface area (Å²) >= 11 is 0. The van der Waals surface area contributed by atoms with Crippen molar-refractivity contribution in [2.24, 2.45) is 0 Å². The number of esters is 1. The Hall–Kier alpha value is -1.78. The van der Waals surface area contributed by atoms with Gasteiger partial charge in [-0.15, -0.1) is 0 Å². The molecule has 0 bridgehead atoms. The monoisotopic (exact) mass is 228 g/mol. The van der Waals surface area contributed by atoms with Crippen molar-refractivity contribution in [2.45, 2.75) is 12.8 Å². The van der Waals surface area contributed by atoms with E-state index < -0.39 is 36.2 Å². The van der Waals surface area contributed by atoms with Crippen LogP contribution in [0.3, 0.4) is 0 Å². The van der Waals surface area contributed by atoms with Gasteiger partial charge in [0, 0.05) is 12.0 Å². The van der Waals surface area contributed by atoms with Gasteiger partial charge < -0.3 is 4.74 Å². The molecular formula is C11H10F2O3. The fourth-order valence-corrected chi connectivity index (χ4v) is 1.19. The van der Waals surface area contributed by atoms with Crippen LogP contribution in [0.2, 0.25) is 0 Å². The Morgan fingerprint density at radius 3 is 2.31 bits per heavy atom. The van der Waals surface area contributed by atoms with Gasteiger partial charge in [-0.2, -0.15) is 0 Å². The Labute approximate surface area is 91.0 Å². The van der Waals surface area contributed by atoms with Crippen LogP contribution in [0.1, 0.15) is 12.0 Å². The van der Waals surface area contributed by atoms with Crippen LogP contribution in [-0.2, 0) is 20.7 Å². The van der Waals surface area contributed by atoms with Gasteiger partial charge in [0.2, 0.25) is 0 Å². The zero-order valence-corrected chi connectivity index (χ0v) is 8.63. The number of ketones is 1. The lowest BCUT2D eigenvalue weighted by atomic mass is 10.1. The lowest BCUT2D eigenvalue weighted by molar-refractivity contribution is -0.143. The molecule has 0 aliphatic rings. The molecule has 0 radical (unpaired) electrons. The molecule has 1 aromatic rings. The van der Waals surface area contributed by atoms with E-state index in [2.05, 4.69) is 4.74 Å². The molecule has 0 saturated heterocycles. The zero-order chi connectivity index (χ0) is 12.1. The summed E-state index contributed by atoms with van der Waals surface area (Å²) in [5.41, 5.74) is -0.323. The van der Waals surface area contributed by atoms with E-state index in [4.69, 9.17) is 0 Å². The van der Waals surface area contributed by atoms with Gasteiger partial charge in [-0.25, -0.2) is 8.78 Å². The second-order valence-corrected chi connectivity index (χ2v) is 3.17. The average Bonchev–Trinajstić information content (AvgIpc) is 2.23. The Morgan fingerprint density at radius 2 is 1.81 bits per heavy atom. The molecule has 0 atom stereocenters. The van der Waals surface area contributed by atoms with E-state index in [0.29, 0.717) is 0 Å². The number of hydrogen-bond acceptors (Lipinski definition) is 3. The van der Waals surface area contributed by atoms with E-state index in [1.54, 1.807) is 0 Å². The van der Waals surface area contributed by atoms with E-state index in [0.717, 1.165) is 19.2 Å². The largest absolute Gasteiger partial charge is 0.469 e. The van der Waals surface area contributed by atoms with Crippen molar-refractivity contribution in [1.82, 2.24) is 0 Å². The standard InChI is InChI=1S/C11H10F2O3/c1-16-11(15)6-7(14)5-8-9(12)3-2-4-10(8)13/h2-4H,5-6H2,1H3. The highest BCUT2D eigenvalue weighted by Gasteiger charge is 2.15. The second kappa shape index (κ2) is 5.34. The first-order valence-corrected chi connectivity index (χ1v) is 4.56. The Balaban J connectivity index is 2.73. The van der Waals surface area contributed by atoms with Gasteiger partial charge in [-0.3, -0.25) is 9.59 Å². The molecule has 0 unspecified atom stereocenters. The molecule has 0 heterocycles. The quantitative estimate of drug-likeness (QED) is 0.581. The highest BCUT2D eigenvalue weighted by atomic mass is 19.1. The fourth-order valence-electron chi connectivity index (χ4n) is 1.19. The predicted octanol–water partition coefficient (Wildman–Crippen LogP) is 1.64. The molecule has 1 rings (SSSR count). The summed E-state index contributed by atoms with van der Waals surface area (Å²) in [6.45, 7) is 0. The minimum absolute atomic E-state index is 0.323. The van der Waals surface area contributed by atoms with E-state index in [-0.39, 0.29) is 5.56 Å². The highest BCUT2D eigenvalue weighted by molar-refractivity contribution is 5.96. The van der Waals surface area contributed by atoms with Crippen molar-refractivity contribution in [3.05, 3.63) is 35.4 Å². The molecule has 0 saturated carbocycles. The number of carbonyl (C=O) groups is 2. The number of halogens is 2. The molecular weight excluding hydrogens is 218 g/mol. The van der Waals surface area contributed by atoms with Gasteiger partial charge in [-0.05, 0) is 12.1 Å². The fraction of sp³-hybridized carbons (Fsp3) is 0.273. The number of carbonyl (C=O) groups excluding carboxylic acids is 2. The van der Waals surface area contributed by atoms with Gasteiger partial charge in [0.15, 0.2) is 0 Å². The lowest BCUT2D eigenvalue weighted by Crippen LogP contribution is -2.13. The minimum atomic E-state index is -0.793. The van der Waals surface area contributed by atoms with Gasteiger partial charge in [-0.1, -0.05) is 6.07 Å². The van der Waals surface area contributed by atoms with Crippen LogP contribution >= 0.6 is 0 Å². The molecule has 0 N–H and O–H groups in total. The number of Topliss-reactive ketones (excluding diaryl/α,β-unsaturated/α-hetero) is 1. The normalized spacial score (nSPS) is 9.94. The van der Waals surface area contributed by atoms with E-state index in [9.17, 15) is 18.4 Å². The first-order valence-electron chi connectivity index (χ1n) is 4.56. The van der Waals surface area contributed by atoms with Crippen molar-refractivity contribution in [3.8, 4) is 0 Å². The summed E-state index contributed by atoms with van der Waals surface area (Å²) in [7, 11) is 1.14. The molecule has 0 fully saturated rings. The van der Waals surface area contributed by atoms with Crippen molar-refractivity contribution in [3.63, 3.8) is 0 Å². The third kappa shape index (κ3) is 3.12. The third-order valence-electron chi connectivity index (χ3n) is 2.00. The Bertz CT molecular complexity index is 395. The van der Waals surface area contributed by atoms with Crippen LogP contribution in [0.15, 0.2) is 18.2 Å². The summed E-state index contributed by atoms with van der Waals surface area (Å²) in [5.74, 6) is -2.89. The summed E-state index contributed by atoms with van der Waals surface area (Å²) in [6.07, 6.45) is -0.933. The predicted molar refractivity (Wildman–Crippen MR) is 51.7 cm³/mol. The molecule has 0 aromatic heterocycles. The number of ether oxygens (including phenoxy) is 1. The van der Waals surface area contributed by atoms with Crippen LogP contribution in [0.25, 0.3) is 0 Å². The molecule has 3 nitrogen and oxygen atoms in total. The van der Waals surface area contributed by atoms with Gasteiger partial charge >= 0.3 is 5.97 Å². The van der Waals surface area contributed by atoms with E-state index in [1.807, 2.05) is 0 Å². The number of hydrogen-bond donors (Lipinski definition) is 0. The van der Waals surface area contributed by atoms with Crippen molar-refractivity contribution < 1.29 is 23.1 Å². The molecule has 1 aromatic carbocycles. The van der Waals surface area contributed by atoms with E-state index >= 15 is 0 Å². The topological polar surface area (TPSA) is 43.4 Å². The summed E-state index contributed by atoms with van der Waals surface area (Å²) in [5, 5.41) is 0. The SMILES string of the molecule is COC(=O)CC(=O)Cc1c(F)cccc1F. The molecule has 86 valence electrons. The summed E-state index contributed by atoms with van der Waals surface area (Å²) < 4.78 is 30.5. The average molecular weight is 228 g/mol. The number of methoxy groups -OCH3 is 1. The third-order valence-corrected chi connectivity index (χ3v) is 2.00. The van der Waals surface area contributed by atoms with Crippen LogP contribution < -0.4 is 0 Å². The molecule has 0 aliphatic heterocycles. The molecule has 5 heteroatoms. The molecule has 0 amide bonds. The zero-order valence-electron chi connectivity index (χ0n) is 8.63. The summed E-state index contributed by atoms with van der Waals surface area (Å²) in [6, 6.07) is 3.33. The smallest absolute Gasteiger partial charge is 0.313 e. The Morgan fingerprint density at radius 1 is 1.25 bits per heavy atom. The second-order valence-electron chi connectivity index (χ2n) is 3.17. The number of benzene rings is 1. The highest BCUT2D eigenvalue weighted by Crippen LogP contribution is 2.13. The van der Waals surface area contributed by atoms with Crippen LogP contribution in [-0.4, -0.2) is 18.9 Å². The number of rotatable bonds is 4. The van der Waals surface area contributed by atoms with Crippen molar-refractivity contribution in [2.75, 3.05) is 7.11 Å². The summed E-state index contributed by atoms with van der Waals surface area (Å²) in [4.78, 5) is 22.0. The lowest BCUT2D eigenvalue weighted by Gasteiger charge is -2.03. The molecule has 0 spiro atoms. The first-order chi connectivity index (χ1) is 7.54. The van der Waals surface area contributed by atoms with Crippen LogP contribution in [0, 0.1) is 11.6 Å². The van der Waals surface area contributed by atoms with Gasteiger partial charge in [0.1, 0.15) is 23.8 Å². The molecule has 16 heavy (non-hydrogen) atoms. The van der Waals surface area contributed by atoms with Gasteiger partial charge in [0.05, 0.1) is 7.11 Å². The van der Waals surface area contributed by atoms with Crippen molar-refractivity contribution >= 4 is 11.8 Å². The van der Waals surface area contributed by atoms with Crippen LogP contribution in [0.5, 0.6) is 0 Å². The van der Waals surface area contributed by atoms with Crippen LogP contribution in [0.4, 0.5) is 8.78 Å². The Kier molecular flexibility index (Phi) is 4.10. The maximum atomic E-state index is 13.1. The van der Waals surface area contributed by atoms with Gasteiger partial charge in [0.25, 0.3) is 0 Å².